The molecule has 0 saturated heterocycles. The van der Waals surface area contributed by atoms with E-state index < -0.39 is 0 Å². The molecule has 0 aliphatic heterocycles. The van der Waals surface area contributed by atoms with Gasteiger partial charge in [0.15, 0.2) is 0 Å². The molecule has 1 N–H and O–H groups in total. The first-order valence-corrected chi connectivity index (χ1v) is 7.53. The summed E-state index contributed by atoms with van der Waals surface area (Å²) in [5.41, 5.74) is 1.23. The lowest BCUT2D eigenvalue weighted by Gasteiger charge is -2.08. The molecule has 1 aromatic heterocycles. The molecular weight excluding hydrogens is 286 g/mol. The average Bonchev–Trinajstić information content (AvgIpc) is 3.32. The lowest BCUT2D eigenvalue weighted by molar-refractivity contribution is 0.414. The van der Waals surface area contributed by atoms with Crippen LogP contribution in [-0.2, 0) is 6.42 Å². The van der Waals surface area contributed by atoms with E-state index in [1.165, 1.54) is 18.4 Å². The Hall–Kier alpha value is -1.81. The second-order valence-electron chi connectivity index (χ2n) is 5.24. The van der Waals surface area contributed by atoms with Gasteiger partial charge in [-0.05, 0) is 37.0 Å². The summed E-state index contributed by atoms with van der Waals surface area (Å²) < 4.78 is 5.23. The summed E-state index contributed by atoms with van der Waals surface area (Å²) in [6.45, 7) is 0.796. The molecule has 0 amide bonds. The van der Waals surface area contributed by atoms with E-state index in [9.17, 15) is 0 Å². The van der Waals surface area contributed by atoms with Crippen molar-refractivity contribution in [2.45, 2.75) is 25.2 Å². The first kappa shape index (κ1) is 14.1. The predicted molar refractivity (Wildman–Crippen MR) is 84.2 cm³/mol. The smallest absolute Gasteiger partial charge is 0.135 e. The second-order valence-corrected chi connectivity index (χ2v) is 5.62. The zero-order valence-electron chi connectivity index (χ0n) is 12.0. The molecule has 3 rings (SSSR count). The summed E-state index contributed by atoms with van der Waals surface area (Å²) in [4.78, 5) is 8.81. The van der Waals surface area contributed by atoms with Gasteiger partial charge >= 0.3 is 0 Å². The van der Waals surface area contributed by atoms with Gasteiger partial charge in [0.05, 0.1) is 7.11 Å². The molecule has 4 nitrogen and oxygen atoms in total. The number of halogens is 1. The maximum absolute atomic E-state index is 6.05. The highest BCUT2D eigenvalue weighted by atomic mass is 35.5. The molecule has 1 aliphatic rings. The number of hydrogen-bond acceptors (Lipinski definition) is 4. The number of benzene rings is 1. The quantitative estimate of drug-likeness (QED) is 0.827. The molecule has 0 spiro atoms. The lowest BCUT2D eigenvalue weighted by atomic mass is 10.1. The van der Waals surface area contributed by atoms with Gasteiger partial charge in [-0.3, -0.25) is 0 Å². The van der Waals surface area contributed by atoms with Crippen LogP contribution in [-0.4, -0.2) is 23.6 Å². The number of rotatable bonds is 6. The minimum Gasteiger partial charge on any atom is -0.497 e. The highest BCUT2D eigenvalue weighted by Crippen LogP contribution is 2.38. The number of nitrogens with zero attached hydrogens (tertiary/aromatic N) is 2. The molecule has 0 bridgehead atoms. The fourth-order valence-electron chi connectivity index (χ4n) is 2.21. The number of aromatic nitrogens is 2. The molecule has 0 unspecified atom stereocenters. The first-order chi connectivity index (χ1) is 10.2. The third-order valence-corrected chi connectivity index (χ3v) is 3.70. The molecule has 1 fully saturated rings. The van der Waals surface area contributed by atoms with Gasteiger partial charge in [0.1, 0.15) is 22.5 Å². The van der Waals surface area contributed by atoms with Gasteiger partial charge in [0.25, 0.3) is 0 Å². The SMILES string of the molecule is COc1cccc(CCNc2cc(Cl)nc(C3CC3)n2)c1. The van der Waals surface area contributed by atoms with Crippen molar-refractivity contribution in [1.29, 1.82) is 0 Å². The monoisotopic (exact) mass is 303 g/mol. The summed E-state index contributed by atoms with van der Waals surface area (Å²) >= 11 is 6.05. The van der Waals surface area contributed by atoms with Crippen LogP contribution in [0.1, 0.15) is 30.1 Å². The van der Waals surface area contributed by atoms with E-state index >= 15 is 0 Å². The second kappa shape index (κ2) is 6.31. The Kier molecular flexibility index (Phi) is 4.25. The van der Waals surface area contributed by atoms with Crippen molar-refractivity contribution in [2.24, 2.45) is 0 Å². The van der Waals surface area contributed by atoms with Gasteiger partial charge < -0.3 is 10.1 Å². The molecule has 1 aliphatic carbocycles. The van der Waals surface area contributed by atoms with E-state index in [0.717, 1.165) is 30.4 Å². The van der Waals surface area contributed by atoms with Gasteiger partial charge in [-0.25, -0.2) is 9.97 Å². The van der Waals surface area contributed by atoms with Gasteiger partial charge in [-0.2, -0.15) is 0 Å². The maximum atomic E-state index is 6.05. The molecule has 5 heteroatoms. The third kappa shape index (κ3) is 3.85. The molecule has 1 saturated carbocycles. The van der Waals surface area contributed by atoms with Crippen molar-refractivity contribution in [3.63, 3.8) is 0 Å². The van der Waals surface area contributed by atoms with Gasteiger partial charge in [-0.15, -0.1) is 0 Å². The van der Waals surface area contributed by atoms with Crippen LogP contribution in [0.2, 0.25) is 5.15 Å². The molecule has 0 atom stereocenters. The molecule has 1 aromatic carbocycles. The number of methoxy groups -OCH3 is 1. The van der Waals surface area contributed by atoms with E-state index in [4.69, 9.17) is 16.3 Å². The molecular formula is C16H18ClN3O. The fraction of sp³-hybridized carbons (Fsp3) is 0.375. The standard InChI is InChI=1S/C16H18ClN3O/c1-21-13-4-2-3-11(9-13)7-8-18-15-10-14(17)19-16(20-15)12-5-6-12/h2-4,9-10,12H,5-8H2,1H3,(H,18,19,20). The van der Waals surface area contributed by atoms with Gasteiger partial charge in [-0.1, -0.05) is 23.7 Å². The maximum Gasteiger partial charge on any atom is 0.135 e. The number of anilines is 1. The molecule has 0 radical (unpaired) electrons. The Bertz CT molecular complexity index is 629. The van der Waals surface area contributed by atoms with Crippen LogP contribution in [0.25, 0.3) is 0 Å². The summed E-state index contributed by atoms with van der Waals surface area (Å²) in [6, 6.07) is 9.86. The zero-order valence-corrected chi connectivity index (χ0v) is 12.7. The summed E-state index contributed by atoms with van der Waals surface area (Å²) in [5, 5.41) is 3.83. The van der Waals surface area contributed by atoms with E-state index in [1.54, 1.807) is 13.2 Å². The Labute approximate surface area is 129 Å². The average molecular weight is 304 g/mol. The number of hydrogen-bond donors (Lipinski definition) is 1. The van der Waals surface area contributed by atoms with Crippen LogP contribution in [0.15, 0.2) is 30.3 Å². The first-order valence-electron chi connectivity index (χ1n) is 7.16. The largest absolute Gasteiger partial charge is 0.497 e. The van der Waals surface area contributed by atoms with Crippen molar-refractivity contribution >= 4 is 17.4 Å². The summed E-state index contributed by atoms with van der Waals surface area (Å²) in [6.07, 6.45) is 3.24. The van der Waals surface area contributed by atoms with Crippen molar-refractivity contribution < 1.29 is 4.74 Å². The van der Waals surface area contributed by atoms with Gasteiger partial charge in [0.2, 0.25) is 0 Å². The van der Waals surface area contributed by atoms with Gasteiger partial charge in [0, 0.05) is 18.5 Å². The Balaban J connectivity index is 1.59. The normalized spacial score (nSPS) is 14.0. The lowest BCUT2D eigenvalue weighted by Crippen LogP contribution is -2.08. The Morgan fingerprint density at radius 3 is 2.90 bits per heavy atom. The fourth-order valence-corrected chi connectivity index (χ4v) is 2.40. The Morgan fingerprint density at radius 1 is 1.29 bits per heavy atom. The van der Waals surface area contributed by atoms with E-state index in [0.29, 0.717) is 11.1 Å². The van der Waals surface area contributed by atoms with Crippen LogP contribution < -0.4 is 10.1 Å². The van der Waals surface area contributed by atoms with Crippen LogP contribution in [0.5, 0.6) is 5.75 Å². The van der Waals surface area contributed by atoms with Crippen LogP contribution in [0.3, 0.4) is 0 Å². The van der Waals surface area contributed by atoms with Crippen LogP contribution in [0.4, 0.5) is 5.82 Å². The van der Waals surface area contributed by atoms with Crippen molar-refractivity contribution in [3.05, 3.63) is 46.9 Å². The van der Waals surface area contributed by atoms with E-state index in [1.807, 2.05) is 18.2 Å². The third-order valence-electron chi connectivity index (χ3n) is 3.51. The highest BCUT2D eigenvalue weighted by molar-refractivity contribution is 6.29. The number of ether oxygens (including phenoxy) is 1. The van der Waals surface area contributed by atoms with Crippen LogP contribution >= 0.6 is 11.6 Å². The molecule has 110 valence electrons. The predicted octanol–water partition coefficient (Wildman–Crippen LogP) is 3.67. The highest BCUT2D eigenvalue weighted by Gasteiger charge is 2.27. The van der Waals surface area contributed by atoms with Crippen molar-refractivity contribution in [1.82, 2.24) is 9.97 Å². The summed E-state index contributed by atoms with van der Waals surface area (Å²) in [7, 11) is 1.68. The Morgan fingerprint density at radius 2 is 2.14 bits per heavy atom. The summed E-state index contributed by atoms with van der Waals surface area (Å²) in [5.74, 6) is 3.06. The molecule has 2 aromatic rings. The van der Waals surface area contributed by atoms with E-state index in [-0.39, 0.29) is 0 Å². The van der Waals surface area contributed by atoms with Crippen molar-refractivity contribution in [3.8, 4) is 5.75 Å². The topological polar surface area (TPSA) is 47.0 Å². The molecule has 1 heterocycles. The zero-order chi connectivity index (χ0) is 14.7. The molecule has 21 heavy (non-hydrogen) atoms. The minimum absolute atomic E-state index is 0.502. The van der Waals surface area contributed by atoms with Crippen LogP contribution in [0, 0.1) is 0 Å². The van der Waals surface area contributed by atoms with Crippen molar-refractivity contribution in [2.75, 3.05) is 19.0 Å². The minimum atomic E-state index is 0.502. The van der Waals surface area contributed by atoms with E-state index in [2.05, 4.69) is 21.4 Å². The number of nitrogens with one attached hydrogen (secondary N) is 1.